The molecule has 0 aliphatic rings. The zero-order valence-electron chi connectivity index (χ0n) is 13.5. The first-order valence-corrected chi connectivity index (χ1v) is 7.20. The standard InChI is InChI=1S/C16H26N2O3/c1-11-6-7-15(14(10-11)12(2)17-4)21-13(3)16(19)18-8-9-20-5/h6-7,10,12-13,17H,8-9H2,1-5H3,(H,18,19). The van der Waals surface area contributed by atoms with Crippen LogP contribution in [-0.4, -0.2) is 39.3 Å². The van der Waals surface area contributed by atoms with Gasteiger partial charge in [-0.1, -0.05) is 17.7 Å². The molecule has 2 unspecified atom stereocenters. The Hall–Kier alpha value is -1.59. The highest BCUT2D eigenvalue weighted by atomic mass is 16.5. The fourth-order valence-corrected chi connectivity index (χ4v) is 1.93. The predicted octanol–water partition coefficient (Wildman–Crippen LogP) is 1.81. The molecule has 118 valence electrons. The minimum atomic E-state index is -0.549. The highest BCUT2D eigenvalue weighted by Gasteiger charge is 2.17. The number of benzene rings is 1. The van der Waals surface area contributed by atoms with E-state index in [1.165, 1.54) is 0 Å². The summed E-state index contributed by atoms with van der Waals surface area (Å²) in [5.41, 5.74) is 2.21. The first-order chi connectivity index (χ1) is 9.99. The summed E-state index contributed by atoms with van der Waals surface area (Å²) in [5.74, 6) is 0.590. The summed E-state index contributed by atoms with van der Waals surface area (Å²) in [6.07, 6.45) is -0.549. The largest absolute Gasteiger partial charge is 0.481 e. The molecule has 1 amide bonds. The summed E-state index contributed by atoms with van der Waals surface area (Å²) in [4.78, 5) is 11.9. The SMILES string of the molecule is CNC(C)c1cc(C)ccc1OC(C)C(=O)NCCOC. The third-order valence-corrected chi connectivity index (χ3v) is 3.34. The Bertz CT molecular complexity index is 463. The molecule has 1 rings (SSSR count). The summed E-state index contributed by atoms with van der Waals surface area (Å²) >= 11 is 0. The molecule has 2 atom stereocenters. The molecule has 0 bridgehead atoms. The molecule has 0 saturated heterocycles. The molecule has 5 heteroatoms. The van der Waals surface area contributed by atoms with Gasteiger partial charge in [0.1, 0.15) is 5.75 Å². The van der Waals surface area contributed by atoms with Crippen molar-refractivity contribution in [2.45, 2.75) is 32.9 Å². The van der Waals surface area contributed by atoms with E-state index in [1.807, 2.05) is 26.1 Å². The van der Waals surface area contributed by atoms with Crippen molar-refractivity contribution in [2.24, 2.45) is 0 Å². The Kier molecular flexibility index (Phi) is 7.19. The number of hydrogen-bond acceptors (Lipinski definition) is 4. The van der Waals surface area contributed by atoms with Gasteiger partial charge in [-0.3, -0.25) is 4.79 Å². The molecule has 0 aliphatic heterocycles. The summed E-state index contributed by atoms with van der Waals surface area (Å²) in [6.45, 7) is 6.82. The minimum absolute atomic E-state index is 0.143. The van der Waals surface area contributed by atoms with Gasteiger partial charge in [-0.2, -0.15) is 0 Å². The lowest BCUT2D eigenvalue weighted by Crippen LogP contribution is -2.38. The number of carbonyl (C=O) groups excluding carboxylic acids is 1. The van der Waals surface area contributed by atoms with Crippen LogP contribution in [0, 0.1) is 6.92 Å². The second-order valence-electron chi connectivity index (χ2n) is 5.10. The Balaban J connectivity index is 2.75. The quantitative estimate of drug-likeness (QED) is 0.718. The molecule has 0 radical (unpaired) electrons. The van der Waals surface area contributed by atoms with E-state index in [1.54, 1.807) is 14.0 Å². The van der Waals surface area contributed by atoms with Crippen molar-refractivity contribution in [1.82, 2.24) is 10.6 Å². The van der Waals surface area contributed by atoms with Crippen LogP contribution in [-0.2, 0) is 9.53 Å². The lowest BCUT2D eigenvalue weighted by atomic mass is 10.0. The van der Waals surface area contributed by atoms with Crippen LogP contribution < -0.4 is 15.4 Å². The number of methoxy groups -OCH3 is 1. The number of ether oxygens (including phenoxy) is 2. The van der Waals surface area contributed by atoms with Gasteiger partial charge in [0.15, 0.2) is 6.10 Å². The van der Waals surface area contributed by atoms with Gasteiger partial charge in [0.25, 0.3) is 5.91 Å². The van der Waals surface area contributed by atoms with Crippen LogP contribution in [0.5, 0.6) is 5.75 Å². The van der Waals surface area contributed by atoms with E-state index in [9.17, 15) is 4.79 Å². The molecule has 1 aromatic rings. The molecular formula is C16H26N2O3. The monoisotopic (exact) mass is 294 g/mol. The molecule has 0 heterocycles. The molecule has 0 aromatic heterocycles. The van der Waals surface area contributed by atoms with Crippen molar-refractivity contribution in [2.75, 3.05) is 27.3 Å². The fraction of sp³-hybridized carbons (Fsp3) is 0.562. The van der Waals surface area contributed by atoms with Gasteiger partial charge in [-0.15, -0.1) is 0 Å². The highest BCUT2D eigenvalue weighted by molar-refractivity contribution is 5.80. The number of rotatable bonds is 8. The molecule has 21 heavy (non-hydrogen) atoms. The molecule has 2 N–H and O–H groups in total. The average Bonchev–Trinajstić information content (AvgIpc) is 2.48. The number of amides is 1. The molecule has 5 nitrogen and oxygen atoms in total. The van der Waals surface area contributed by atoms with Gasteiger partial charge in [0.05, 0.1) is 6.61 Å². The second-order valence-corrected chi connectivity index (χ2v) is 5.10. The van der Waals surface area contributed by atoms with Crippen molar-refractivity contribution in [3.63, 3.8) is 0 Å². The van der Waals surface area contributed by atoms with Crippen LogP contribution in [0.3, 0.4) is 0 Å². The van der Waals surface area contributed by atoms with Gasteiger partial charge in [-0.05, 0) is 33.9 Å². The Morgan fingerprint density at radius 3 is 2.67 bits per heavy atom. The summed E-state index contributed by atoms with van der Waals surface area (Å²) in [7, 11) is 3.50. The van der Waals surface area contributed by atoms with E-state index >= 15 is 0 Å². The topological polar surface area (TPSA) is 59.6 Å². The normalized spacial score (nSPS) is 13.6. The Labute approximate surface area is 127 Å². The van der Waals surface area contributed by atoms with Gasteiger partial charge in [-0.25, -0.2) is 0 Å². The van der Waals surface area contributed by atoms with E-state index in [-0.39, 0.29) is 11.9 Å². The smallest absolute Gasteiger partial charge is 0.260 e. The lowest BCUT2D eigenvalue weighted by Gasteiger charge is -2.20. The van der Waals surface area contributed by atoms with Crippen LogP contribution in [0.4, 0.5) is 0 Å². The Morgan fingerprint density at radius 2 is 2.05 bits per heavy atom. The van der Waals surface area contributed by atoms with Crippen molar-refractivity contribution in [3.05, 3.63) is 29.3 Å². The highest BCUT2D eigenvalue weighted by Crippen LogP contribution is 2.27. The third-order valence-electron chi connectivity index (χ3n) is 3.34. The van der Waals surface area contributed by atoms with Crippen molar-refractivity contribution >= 4 is 5.91 Å². The van der Waals surface area contributed by atoms with Crippen molar-refractivity contribution in [1.29, 1.82) is 0 Å². The molecule has 1 aromatic carbocycles. The predicted molar refractivity (Wildman–Crippen MR) is 83.6 cm³/mol. The lowest BCUT2D eigenvalue weighted by molar-refractivity contribution is -0.127. The van der Waals surface area contributed by atoms with E-state index in [0.717, 1.165) is 16.9 Å². The van der Waals surface area contributed by atoms with Crippen LogP contribution in [0.2, 0.25) is 0 Å². The second kappa shape index (κ2) is 8.64. The average molecular weight is 294 g/mol. The van der Waals surface area contributed by atoms with E-state index in [0.29, 0.717) is 13.2 Å². The van der Waals surface area contributed by atoms with Crippen LogP contribution in [0.15, 0.2) is 18.2 Å². The van der Waals surface area contributed by atoms with Gasteiger partial charge >= 0.3 is 0 Å². The fourth-order valence-electron chi connectivity index (χ4n) is 1.93. The van der Waals surface area contributed by atoms with Gasteiger partial charge < -0.3 is 20.1 Å². The van der Waals surface area contributed by atoms with E-state index in [4.69, 9.17) is 9.47 Å². The van der Waals surface area contributed by atoms with Crippen molar-refractivity contribution in [3.8, 4) is 5.75 Å². The summed E-state index contributed by atoms with van der Waals surface area (Å²) in [6, 6.07) is 6.13. The third kappa shape index (κ3) is 5.36. The summed E-state index contributed by atoms with van der Waals surface area (Å²) in [5, 5.41) is 5.97. The number of carbonyl (C=O) groups is 1. The van der Waals surface area contributed by atoms with E-state index < -0.39 is 6.10 Å². The maximum atomic E-state index is 11.9. The van der Waals surface area contributed by atoms with Gasteiger partial charge in [0.2, 0.25) is 0 Å². The number of aryl methyl sites for hydroxylation is 1. The Morgan fingerprint density at radius 1 is 1.33 bits per heavy atom. The van der Waals surface area contributed by atoms with Gasteiger partial charge in [0, 0.05) is 25.3 Å². The minimum Gasteiger partial charge on any atom is -0.481 e. The van der Waals surface area contributed by atoms with Crippen LogP contribution in [0.25, 0.3) is 0 Å². The maximum Gasteiger partial charge on any atom is 0.260 e. The molecule has 0 saturated carbocycles. The molecular weight excluding hydrogens is 268 g/mol. The maximum absolute atomic E-state index is 11.9. The summed E-state index contributed by atoms with van der Waals surface area (Å²) < 4.78 is 10.7. The van der Waals surface area contributed by atoms with Crippen LogP contribution >= 0.6 is 0 Å². The molecule has 0 spiro atoms. The number of nitrogens with one attached hydrogen (secondary N) is 2. The van der Waals surface area contributed by atoms with Crippen LogP contribution in [0.1, 0.15) is 31.0 Å². The first-order valence-electron chi connectivity index (χ1n) is 7.20. The zero-order chi connectivity index (χ0) is 15.8. The molecule has 0 aliphatic carbocycles. The zero-order valence-corrected chi connectivity index (χ0v) is 13.5. The van der Waals surface area contributed by atoms with E-state index in [2.05, 4.69) is 23.6 Å². The van der Waals surface area contributed by atoms with Crippen molar-refractivity contribution < 1.29 is 14.3 Å². The molecule has 0 fully saturated rings. The number of hydrogen-bond donors (Lipinski definition) is 2. The first kappa shape index (κ1) is 17.5.